The molecule has 1 aromatic heterocycles. The average Bonchev–Trinajstić information content (AvgIpc) is 2.86. The number of halogens is 3. The number of aromatic nitrogens is 2. The Morgan fingerprint density at radius 3 is 2.42 bits per heavy atom. The maximum Gasteiger partial charge on any atom is 0.416 e. The average molecular weight is 523 g/mol. The van der Waals surface area contributed by atoms with Gasteiger partial charge in [0.15, 0.2) is 5.82 Å². The molecule has 0 fully saturated rings. The zero-order chi connectivity index (χ0) is 27.7. The fraction of sp³-hybridized carbons (Fsp3) is 0.276. The first-order valence-electron chi connectivity index (χ1n) is 12.0. The van der Waals surface area contributed by atoms with Gasteiger partial charge in [-0.1, -0.05) is 45.0 Å². The monoisotopic (exact) mass is 522 g/mol. The fourth-order valence-corrected chi connectivity index (χ4v) is 3.70. The normalized spacial score (nSPS) is 12.3. The maximum atomic E-state index is 13.5. The molecule has 4 aromatic rings. The van der Waals surface area contributed by atoms with E-state index in [1.807, 2.05) is 37.2 Å². The van der Waals surface area contributed by atoms with Crippen LogP contribution < -0.4 is 15.2 Å². The molecular formula is C29H29F3N4O2. The Labute approximate surface area is 219 Å². The molecule has 0 saturated carbocycles. The van der Waals surface area contributed by atoms with Gasteiger partial charge >= 0.3 is 6.18 Å². The number of ether oxygens (including phenoxy) is 1. The topological polar surface area (TPSA) is 59.7 Å². The molecule has 0 unspecified atom stereocenters. The molecule has 0 spiro atoms. The van der Waals surface area contributed by atoms with Crippen LogP contribution in [0.25, 0.3) is 22.3 Å². The fourth-order valence-electron chi connectivity index (χ4n) is 3.70. The van der Waals surface area contributed by atoms with Crippen LogP contribution in [0.4, 0.5) is 18.9 Å². The second-order valence-corrected chi connectivity index (χ2v) is 10.4. The highest BCUT2D eigenvalue weighted by Gasteiger charge is 2.31. The molecule has 0 N–H and O–H groups in total. The van der Waals surface area contributed by atoms with E-state index in [1.54, 1.807) is 24.3 Å². The maximum absolute atomic E-state index is 13.5. The van der Waals surface area contributed by atoms with Crippen molar-refractivity contribution in [1.29, 1.82) is 0 Å². The van der Waals surface area contributed by atoms with E-state index in [0.717, 1.165) is 22.5 Å². The summed E-state index contributed by atoms with van der Waals surface area (Å²) >= 11 is 0. The van der Waals surface area contributed by atoms with E-state index in [1.165, 1.54) is 18.3 Å². The lowest BCUT2D eigenvalue weighted by molar-refractivity contribution is -0.137. The van der Waals surface area contributed by atoms with Crippen LogP contribution in [-0.2, 0) is 6.18 Å². The molecule has 0 bridgehead atoms. The van der Waals surface area contributed by atoms with Gasteiger partial charge in [0.1, 0.15) is 5.75 Å². The highest BCUT2D eigenvalue weighted by Crippen LogP contribution is 2.32. The molecule has 38 heavy (non-hydrogen) atoms. The predicted octanol–water partition coefficient (Wildman–Crippen LogP) is 6.46. The number of para-hydroxylation sites is 1. The van der Waals surface area contributed by atoms with E-state index in [2.05, 4.69) is 30.9 Å². The number of hydrogen-bond donors (Lipinski definition) is 0. The second-order valence-electron chi connectivity index (χ2n) is 10.4. The zero-order valence-corrected chi connectivity index (χ0v) is 21.9. The molecule has 0 aliphatic rings. The van der Waals surface area contributed by atoms with E-state index >= 15 is 0 Å². The van der Waals surface area contributed by atoms with Gasteiger partial charge in [-0.3, -0.25) is 4.79 Å². The van der Waals surface area contributed by atoms with Gasteiger partial charge in [0, 0.05) is 37.0 Å². The van der Waals surface area contributed by atoms with Gasteiger partial charge in [0.2, 0.25) is 0 Å². The van der Waals surface area contributed by atoms with Crippen molar-refractivity contribution in [3.8, 4) is 17.1 Å². The molecule has 0 aliphatic heterocycles. The van der Waals surface area contributed by atoms with Crippen LogP contribution in [0.15, 0.2) is 76.6 Å². The first kappa shape index (κ1) is 26.9. The summed E-state index contributed by atoms with van der Waals surface area (Å²) in [5, 5.41) is 4.71. The van der Waals surface area contributed by atoms with E-state index in [0.29, 0.717) is 28.8 Å². The summed E-state index contributed by atoms with van der Waals surface area (Å²) in [7, 11) is 3.83. The number of benzene rings is 3. The molecule has 0 aliphatic carbocycles. The lowest BCUT2D eigenvalue weighted by Gasteiger charge is -2.21. The van der Waals surface area contributed by atoms with Gasteiger partial charge in [0.05, 0.1) is 29.3 Å². The first-order valence-corrected chi connectivity index (χ1v) is 12.0. The highest BCUT2D eigenvalue weighted by molar-refractivity contribution is 5.85. The van der Waals surface area contributed by atoms with Gasteiger partial charge in [-0.25, -0.2) is 4.98 Å². The van der Waals surface area contributed by atoms with Crippen molar-refractivity contribution in [3.05, 3.63) is 88.2 Å². The Bertz CT molecular complexity index is 1550. The van der Waals surface area contributed by atoms with Crippen LogP contribution in [0, 0.1) is 5.41 Å². The molecular weight excluding hydrogens is 493 g/mol. The largest absolute Gasteiger partial charge is 0.492 e. The third kappa shape index (κ3) is 6.04. The van der Waals surface area contributed by atoms with E-state index in [9.17, 15) is 18.0 Å². The number of rotatable bonds is 6. The Hall–Kier alpha value is -4.14. The summed E-state index contributed by atoms with van der Waals surface area (Å²) in [6.45, 7) is 6.60. The van der Waals surface area contributed by atoms with Crippen LogP contribution >= 0.6 is 0 Å². The van der Waals surface area contributed by atoms with Crippen LogP contribution in [-0.4, -0.2) is 36.6 Å². The first-order chi connectivity index (χ1) is 17.8. The standard InChI is InChI=1S/C29H29F3N4O2/c1-28(2,3)18-38-25-16-22(35(4)5)14-13-20(25)17-33-36-26(19-9-8-10-21(15-19)29(30,31)32)34-24-12-7-6-11-23(24)27(36)37/h6-17H,18H2,1-5H3. The summed E-state index contributed by atoms with van der Waals surface area (Å²) in [6, 6.07) is 16.9. The summed E-state index contributed by atoms with van der Waals surface area (Å²) < 4.78 is 47.5. The van der Waals surface area contributed by atoms with Crippen molar-refractivity contribution < 1.29 is 17.9 Å². The molecule has 198 valence electrons. The van der Waals surface area contributed by atoms with Crippen molar-refractivity contribution in [2.45, 2.75) is 26.9 Å². The summed E-state index contributed by atoms with van der Waals surface area (Å²) in [6.07, 6.45) is -3.08. The molecule has 9 heteroatoms. The zero-order valence-electron chi connectivity index (χ0n) is 21.9. The van der Waals surface area contributed by atoms with Crippen molar-refractivity contribution in [2.24, 2.45) is 10.5 Å². The minimum absolute atomic E-state index is 0.00174. The quantitative estimate of drug-likeness (QED) is 0.273. The van der Waals surface area contributed by atoms with Crippen LogP contribution in [0.2, 0.25) is 0 Å². The van der Waals surface area contributed by atoms with Gasteiger partial charge < -0.3 is 9.64 Å². The Morgan fingerprint density at radius 2 is 1.74 bits per heavy atom. The minimum Gasteiger partial charge on any atom is -0.492 e. The smallest absolute Gasteiger partial charge is 0.416 e. The molecule has 6 nitrogen and oxygen atoms in total. The molecule has 0 atom stereocenters. The van der Waals surface area contributed by atoms with Crippen molar-refractivity contribution >= 4 is 22.8 Å². The predicted molar refractivity (Wildman–Crippen MR) is 145 cm³/mol. The van der Waals surface area contributed by atoms with E-state index < -0.39 is 17.3 Å². The van der Waals surface area contributed by atoms with Gasteiger partial charge in [-0.2, -0.15) is 22.9 Å². The van der Waals surface area contributed by atoms with Crippen LogP contribution in [0.1, 0.15) is 31.9 Å². The molecule has 1 heterocycles. The molecule has 0 saturated heterocycles. The van der Waals surface area contributed by atoms with Crippen molar-refractivity contribution in [3.63, 3.8) is 0 Å². The molecule has 3 aromatic carbocycles. The Kier molecular flexibility index (Phi) is 7.31. The third-order valence-electron chi connectivity index (χ3n) is 5.69. The van der Waals surface area contributed by atoms with Gasteiger partial charge in [0.25, 0.3) is 5.56 Å². The summed E-state index contributed by atoms with van der Waals surface area (Å²) in [5.41, 5.74) is 0.563. The number of nitrogens with zero attached hydrogens (tertiary/aromatic N) is 4. The molecule has 0 radical (unpaired) electrons. The molecule has 0 amide bonds. The molecule has 4 rings (SSSR count). The van der Waals surface area contributed by atoms with Crippen LogP contribution in [0.3, 0.4) is 0 Å². The minimum atomic E-state index is -4.55. The number of alkyl halides is 3. The number of hydrogen-bond acceptors (Lipinski definition) is 5. The summed E-state index contributed by atoms with van der Waals surface area (Å²) in [5.74, 6) is 0.565. The Balaban J connectivity index is 1.88. The number of anilines is 1. The van der Waals surface area contributed by atoms with E-state index in [4.69, 9.17) is 4.74 Å². The number of fused-ring (bicyclic) bond motifs is 1. The second kappa shape index (κ2) is 10.3. The van der Waals surface area contributed by atoms with Crippen LogP contribution in [0.5, 0.6) is 5.75 Å². The Morgan fingerprint density at radius 1 is 1.00 bits per heavy atom. The van der Waals surface area contributed by atoms with Crippen molar-refractivity contribution in [1.82, 2.24) is 9.66 Å². The van der Waals surface area contributed by atoms with E-state index in [-0.39, 0.29) is 16.8 Å². The SMILES string of the molecule is CN(C)c1ccc(C=Nn2c(-c3cccc(C(F)(F)F)c3)nc3ccccc3c2=O)c(OCC(C)(C)C)c1. The lowest BCUT2D eigenvalue weighted by atomic mass is 9.98. The van der Waals surface area contributed by atoms with Crippen molar-refractivity contribution in [2.75, 3.05) is 25.6 Å². The summed E-state index contributed by atoms with van der Waals surface area (Å²) in [4.78, 5) is 19.9. The highest BCUT2D eigenvalue weighted by atomic mass is 19.4. The lowest BCUT2D eigenvalue weighted by Crippen LogP contribution is -2.21. The van der Waals surface area contributed by atoms with Gasteiger partial charge in [-0.05, 0) is 41.8 Å². The third-order valence-corrected chi connectivity index (χ3v) is 5.69. The van der Waals surface area contributed by atoms with Gasteiger partial charge in [-0.15, -0.1) is 0 Å².